The standard InChI is InChI=1S/2C18H15P.C13H10S.Pt/c2*1-4-10-16(11-5-1)19(17-12-6-2-7-13-17)18-14-8-3-9-15-18;14-13(11-7-3-1-4-8-11)12-9-5-2-6-10-12;/h2*1-15H;1-10H;/q;;-2;+2. The van der Waals surface area contributed by atoms with Crippen molar-refractivity contribution >= 4 is 60.3 Å². The fraction of sp³-hybridized carbons (Fsp3) is 0. The van der Waals surface area contributed by atoms with Crippen LogP contribution in [0.15, 0.2) is 243 Å². The van der Waals surface area contributed by atoms with E-state index in [9.17, 15) is 0 Å². The normalized spacial score (nSPS) is 10.2. The molecule has 0 saturated carbocycles. The van der Waals surface area contributed by atoms with Gasteiger partial charge in [-0.1, -0.05) is 218 Å². The minimum Gasteiger partial charge on any atom is -0.807 e. The Morgan fingerprint density at radius 3 is 0.566 bits per heavy atom. The van der Waals surface area contributed by atoms with Crippen LogP contribution in [-0.2, 0) is 33.7 Å². The van der Waals surface area contributed by atoms with Crippen LogP contribution >= 0.6 is 15.8 Å². The molecule has 0 unspecified atom stereocenters. The van der Waals surface area contributed by atoms with Gasteiger partial charge >= 0.3 is 21.1 Å². The summed E-state index contributed by atoms with van der Waals surface area (Å²) in [7, 11) is -0.892. The van der Waals surface area contributed by atoms with Crippen molar-refractivity contribution in [3.8, 4) is 0 Å². The molecular weight excluding hydrogens is 878 g/mol. The van der Waals surface area contributed by atoms with Gasteiger partial charge in [0.1, 0.15) is 0 Å². The van der Waals surface area contributed by atoms with E-state index in [1.807, 2.05) is 60.7 Å². The molecule has 262 valence electrons. The van der Waals surface area contributed by atoms with Crippen LogP contribution in [0.2, 0.25) is 0 Å². The molecule has 8 rings (SSSR count). The van der Waals surface area contributed by atoms with Gasteiger partial charge in [-0.15, -0.1) is 35.4 Å². The molecule has 0 nitrogen and oxygen atoms in total. The second-order valence-electron chi connectivity index (χ2n) is 11.7. The molecule has 0 saturated heterocycles. The molecule has 4 heteroatoms. The molecule has 53 heavy (non-hydrogen) atoms. The first-order valence-electron chi connectivity index (χ1n) is 17.3. The molecule has 0 atom stereocenters. The average molecular weight is 918 g/mol. The van der Waals surface area contributed by atoms with Crippen LogP contribution in [0, 0.1) is 5.25 Å². The summed E-state index contributed by atoms with van der Waals surface area (Å²) in [6.45, 7) is 0. The fourth-order valence-electron chi connectivity index (χ4n) is 5.70. The summed E-state index contributed by atoms with van der Waals surface area (Å²) in [6.07, 6.45) is 0. The summed E-state index contributed by atoms with van der Waals surface area (Å²) < 4.78 is 0. The monoisotopic (exact) mass is 917 g/mol. The van der Waals surface area contributed by atoms with Crippen molar-refractivity contribution in [3.63, 3.8) is 0 Å². The maximum Gasteiger partial charge on any atom is 2.00 e. The topological polar surface area (TPSA) is 0 Å². The molecule has 0 amide bonds. The Morgan fingerprint density at radius 2 is 0.396 bits per heavy atom. The van der Waals surface area contributed by atoms with E-state index in [1.54, 1.807) is 0 Å². The summed E-state index contributed by atoms with van der Waals surface area (Å²) in [5.74, 6) is 0. The third-order valence-electron chi connectivity index (χ3n) is 8.16. The molecule has 0 N–H and O–H groups in total. The zero-order chi connectivity index (χ0) is 35.6. The van der Waals surface area contributed by atoms with E-state index < -0.39 is 15.8 Å². The van der Waals surface area contributed by atoms with Crippen molar-refractivity contribution in [3.05, 3.63) is 259 Å². The predicted molar refractivity (Wildman–Crippen MR) is 232 cm³/mol. The molecule has 0 aliphatic rings. The number of hydrogen-bond acceptors (Lipinski definition) is 1. The molecular formula is C49H40P2PtS. The van der Waals surface area contributed by atoms with Gasteiger partial charge in [0.2, 0.25) is 0 Å². The van der Waals surface area contributed by atoms with E-state index >= 15 is 0 Å². The summed E-state index contributed by atoms with van der Waals surface area (Å²) in [6, 6.07) is 84.8. The van der Waals surface area contributed by atoms with E-state index in [0.29, 0.717) is 0 Å². The predicted octanol–water partition coefficient (Wildman–Crippen LogP) is 10.0. The summed E-state index contributed by atoms with van der Waals surface area (Å²) in [4.78, 5) is 0. The summed E-state index contributed by atoms with van der Waals surface area (Å²) in [5.41, 5.74) is 2.21. The van der Waals surface area contributed by atoms with Crippen LogP contribution in [0.25, 0.3) is 0 Å². The molecule has 0 bridgehead atoms. The molecule has 0 aromatic heterocycles. The third kappa shape index (κ3) is 11.8. The van der Waals surface area contributed by atoms with Crippen molar-refractivity contribution in [2.45, 2.75) is 0 Å². The van der Waals surface area contributed by atoms with Gasteiger partial charge in [0.05, 0.1) is 0 Å². The first-order valence-corrected chi connectivity index (χ1v) is 20.4. The van der Waals surface area contributed by atoms with Gasteiger partial charge < -0.3 is 12.6 Å². The van der Waals surface area contributed by atoms with Gasteiger partial charge in [-0.25, -0.2) is 0 Å². The van der Waals surface area contributed by atoms with Crippen molar-refractivity contribution < 1.29 is 21.1 Å². The van der Waals surface area contributed by atoms with E-state index in [0.717, 1.165) is 16.4 Å². The van der Waals surface area contributed by atoms with Crippen molar-refractivity contribution in [2.75, 3.05) is 0 Å². The van der Waals surface area contributed by atoms with Gasteiger partial charge in [-0.2, -0.15) is 0 Å². The van der Waals surface area contributed by atoms with Gasteiger partial charge in [0.25, 0.3) is 0 Å². The maximum atomic E-state index is 5.39. The fourth-order valence-corrected chi connectivity index (χ4v) is 10.6. The zero-order valence-electron chi connectivity index (χ0n) is 29.2. The van der Waals surface area contributed by atoms with Crippen molar-refractivity contribution in [1.82, 2.24) is 0 Å². The average Bonchev–Trinajstić information content (AvgIpc) is 3.24. The second-order valence-corrected chi connectivity index (χ2v) is 16.6. The number of benzene rings is 8. The van der Waals surface area contributed by atoms with Crippen LogP contribution in [0.4, 0.5) is 0 Å². The Labute approximate surface area is 338 Å². The first-order chi connectivity index (χ1) is 25.8. The van der Waals surface area contributed by atoms with Crippen molar-refractivity contribution in [1.29, 1.82) is 0 Å². The van der Waals surface area contributed by atoms with Gasteiger partial charge in [-0.05, 0) is 47.7 Å². The van der Waals surface area contributed by atoms with Gasteiger partial charge in [0.15, 0.2) is 0 Å². The SMILES string of the molecule is [Pt+2].[S-][C-](c1ccccc1)c1ccccc1.c1ccc(P(c2ccccc2)c2ccccc2)cc1.c1ccc(P(c2ccccc2)c2ccccc2)cc1. The van der Waals surface area contributed by atoms with Gasteiger partial charge in [-0.3, -0.25) is 5.25 Å². The molecule has 0 heterocycles. The Balaban J connectivity index is 0.000000154. The summed E-state index contributed by atoms with van der Waals surface area (Å²) in [5, 5.41) is 9.30. The molecule has 8 aromatic rings. The molecule has 0 radical (unpaired) electrons. The Bertz CT molecular complexity index is 1780. The molecule has 0 aliphatic heterocycles. The zero-order valence-corrected chi connectivity index (χ0v) is 34.1. The summed E-state index contributed by atoms with van der Waals surface area (Å²) >= 11 is 5.39. The van der Waals surface area contributed by atoms with E-state index in [-0.39, 0.29) is 21.1 Å². The van der Waals surface area contributed by atoms with Crippen LogP contribution in [0.1, 0.15) is 11.1 Å². The van der Waals surface area contributed by atoms with Crippen LogP contribution in [-0.4, -0.2) is 0 Å². The van der Waals surface area contributed by atoms with Crippen LogP contribution in [0.5, 0.6) is 0 Å². The van der Waals surface area contributed by atoms with E-state index in [4.69, 9.17) is 12.6 Å². The maximum absolute atomic E-state index is 5.39. The Morgan fingerprint density at radius 1 is 0.245 bits per heavy atom. The largest absolute Gasteiger partial charge is 2.00 e. The Kier molecular flexibility index (Phi) is 16.4. The third-order valence-corrected chi connectivity index (χ3v) is 13.5. The molecule has 8 aromatic carbocycles. The van der Waals surface area contributed by atoms with Crippen LogP contribution < -0.4 is 31.8 Å². The van der Waals surface area contributed by atoms with Gasteiger partial charge in [0, 0.05) is 0 Å². The Hall–Kier alpha value is -4.47. The van der Waals surface area contributed by atoms with Crippen molar-refractivity contribution in [2.24, 2.45) is 0 Å². The molecule has 0 spiro atoms. The first kappa shape index (κ1) is 39.7. The van der Waals surface area contributed by atoms with E-state index in [2.05, 4.69) is 182 Å². The smallest absolute Gasteiger partial charge is 0.807 e. The molecule has 0 fully saturated rings. The minimum atomic E-state index is -0.446. The number of hydrogen-bond donors (Lipinski definition) is 0. The van der Waals surface area contributed by atoms with E-state index in [1.165, 1.54) is 31.8 Å². The quantitative estimate of drug-likeness (QED) is 0.0832. The number of rotatable bonds is 8. The molecule has 0 aliphatic carbocycles. The minimum absolute atomic E-state index is 0. The second kappa shape index (κ2) is 21.9. The van der Waals surface area contributed by atoms with Crippen LogP contribution in [0.3, 0.4) is 0 Å².